The summed E-state index contributed by atoms with van der Waals surface area (Å²) >= 11 is 12.0. The van der Waals surface area contributed by atoms with E-state index in [0.717, 1.165) is 6.42 Å². The van der Waals surface area contributed by atoms with E-state index in [1.54, 1.807) is 12.1 Å². The number of aromatic nitrogens is 2. The summed E-state index contributed by atoms with van der Waals surface area (Å²) in [6, 6.07) is 11.2. The summed E-state index contributed by atoms with van der Waals surface area (Å²) in [6.07, 6.45) is 0.810. The van der Waals surface area contributed by atoms with Gasteiger partial charge >= 0.3 is 0 Å². The van der Waals surface area contributed by atoms with Crippen molar-refractivity contribution in [2.45, 2.75) is 19.9 Å². The van der Waals surface area contributed by atoms with E-state index in [9.17, 15) is 9.18 Å². The first-order valence-corrected chi connectivity index (χ1v) is 9.76. The van der Waals surface area contributed by atoms with Gasteiger partial charge < -0.3 is 9.73 Å². The molecule has 0 bridgehead atoms. The van der Waals surface area contributed by atoms with Gasteiger partial charge in [0, 0.05) is 5.02 Å². The highest BCUT2D eigenvalue weighted by Gasteiger charge is 2.17. The van der Waals surface area contributed by atoms with Crippen LogP contribution in [-0.2, 0) is 11.3 Å². The highest BCUT2D eigenvalue weighted by atomic mass is 35.5. The molecule has 2 aromatic carbocycles. The number of halogens is 3. The number of benzene rings is 2. The molecule has 1 N–H and O–H groups in total. The van der Waals surface area contributed by atoms with E-state index in [1.165, 1.54) is 18.2 Å². The number of carbonyl (C=O) groups excluding carboxylic acids is 1. The van der Waals surface area contributed by atoms with E-state index in [0.29, 0.717) is 33.9 Å². The standard InChI is InChI=1S/C20H19Cl2FN4O2/c1-2-9-27(11-18(28)24-17-10-13(21)7-8-16(17)23)12-19-25-26-20(29-19)14-5-3-4-6-15(14)22/h3-8,10H,2,9,11-12H2,1H3,(H,24,28). The second-order valence-corrected chi connectivity index (χ2v) is 7.21. The minimum Gasteiger partial charge on any atom is -0.419 e. The van der Waals surface area contributed by atoms with Crippen LogP contribution in [0.15, 0.2) is 46.9 Å². The van der Waals surface area contributed by atoms with Crippen molar-refractivity contribution in [3.8, 4) is 11.5 Å². The molecule has 152 valence electrons. The molecule has 3 aromatic rings. The normalized spacial score (nSPS) is 11.1. The van der Waals surface area contributed by atoms with Gasteiger partial charge in [0.2, 0.25) is 17.7 Å². The Balaban J connectivity index is 1.66. The van der Waals surface area contributed by atoms with Gasteiger partial charge in [0.05, 0.1) is 29.4 Å². The number of nitrogens with zero attached hydrogens (tertiary/aromatic N) is 3. The van der Waals surface area contributed by atoms with E-state index >= 15 is 0 Å². The Morgan fingerprint density at radius 1 is 1.21 bits per heavy atom. The predicted octanol–water partition coefficient (Wildman–Crippen LogP) is 5.03. The first-order chi connectivity index (χ1) is 14.0. The van der Waals surface area contributed by atoms with Crippen LogP contribution in [0.4, 0.5) is 10.1 Å². The smallest absolute Gasteiger partial charge is 0.249 e. The van der Waals surface area contributed by atoms with Gasteiger partial charge in [-0.15, -0.1) is 10.2 Å². The third-order valence-electron chi connectivity index (χ3n) is 4.04. The van der Waals surface area contributed by atoms with E-state index in [4.69, 9.17) is 27.6 Å². The zero-order valence-electron chi connectivity index (χ0n) is 15.7. The van der Waals surface area contributed by atoms with E-state index in [-0.39, 0.29) is 24.7 Å². The Morgan fingerprint density at radius 2 is 2.00 bits per heavy atom. The maximum atomic E-state index is 13.8. The Kier molecular flexibility index (Phi) is 7.19. The minimum atomic E-state index is -0.550. The fourth-order valence-electron chi connectivity index (χ4n) is 2.77. The SMILES string of the molecule is CCCN(CC(=O)Nc1cc(Cl)ccc1F)Cc1nnc(-c2ccccc2Cl)o1. The van der Waals surface area contributed by atoms with Crippen LogP contribution < -0.4 is 5.32 Å². The molecule has 0 saturated carbocycles. The average Bonchev–Trinajstić information content (AvgIpc) is 3.13. The molecule has 3 rings (SSSR count). The van der Waals surface area contributed by atoms with Crippen LogP contribution >= 0.6 is 23.2 Å². The van der Waals surface area contributed by atoms with Crippen molar-refractivity contribution in [1.29, 1.82) is 0 Å². The Bertz CT molecular complexity index is 996. The predicted molar refractivity (Wildman–Crippen MR) is 110 cm³/mol. The van der Waals surface area contributed by atoms with Crippen molar-refractivity contribution in [3.05, 3.63) is 64.2 Å². The van der Waals surface area contributed by atoms with Crippen LogP contribution in [0.25, 0.3) is 11.5 Å². The lowest BCUT2D eigenvalue weighted by Crippen LogP contribution is -2.33. The summed E-state index contributed by atoms with van der Waals surface area (Å²) in [5, 5.41) is 11.5. The maximum Gasteiger partial charge on any atom is 0.249 e. The highest BCUT2D eigenvalue weighted by molar-refractivity contribution is 6.33. The number of hydrogen-bond acceptors (Lipinski definition) is 5. The van der Waals surface area contributed by atoms with Crippen LogP contribution in [0.3, 0.4) is 0 Å². The number of nitrogens with one attached hydrogen (secondary N) is 1. The molecule has 29 heavy (non-hydrogen) atoms. The first-order valence-electron chi connectivity index (χ1n) is 9.00. The topological polar surface area (TPSA) is 71.3 Å². The Morgan fingerprint density at radius 3 is 2.76 bits per heavy atom. The van der Waals surface area contributed by atoms with Gasteiger partial charge in [-0.1, -0.05) is 42.3 Å². The van der Waals surface area contributed by atoms with Crippen LogP contribution in [0.1, 0.15) is 19.2 Å². The van der Waals surface area contributed by atoms with Crippen molar-refractivity contribution in [3.63, 3.8) is 0 Å². The van der Waals surface area contributed by atoms with Crippen molar-refractivity contribution in [1.82, 2.24) is 15.1 Å². The van der Waals surface area contributed by atoms with Crippen LogP contribution in [-0.4, -0.2) is 34.1 Å². The van der Waals surface area contributed by atoms with Gasteiger partial charge in [0.25, 0.3) is 0 Å². The molecular weight excluding hydrogens is 418 g/mol. The van der Waals surface area contributed by atoms with E-state index in [2.05, 4.69) is 15.5 Å². The van der Waals surface area contributed by atoms with Gasteiger partial charge in [-0.05, 0) is 43.3 Å². The molecule has 1 heterocycles. The lowest BCUT2D eigenvalue weighted by Gasteiger charge is -2.19. The number of carbonyl (C=O) groups is 1. The minimum absolute atomic E-state index is 0.0313. The second kappa shape index (κ2) is 9.82. The Hall–Kier alpha value is -2.48. The molecule has 0 fully saturated rings. The second-order valence-electron chi connectivity index (χ2n) is 6.36. The fourth-order valence-corrected chi connectivity index (χ4v) is 3.16. The summed E-state index contributed by atoms with van der Waals surface area (Å²) in [5.41, 5.74) is 0.682. The molecule has 0 aliphatic rings. The van der Waals surface area contributed by atoms with Gasteiger partial charge in [-0.2, -0.15) is 0 Å². The molecule has 0 radical (unpaired) electrons. The average molecular weight is 437 g/mol. The summed E-state index contributed by atoms with van der Waals surface area (Å²) in [5.74, 6) is -0.251. The summed E-state index contributed by atoms with van der Waals surface area (Å²) in [4.78, 5) is 14.2. The number of anilines is 1. The van der Waals surface area contributed by atoms with Crippen LogP contribution in [0, 0.1) is 5.82 Å². The van der Waals surface area contributed by atoms with Gasteiger partial charge in [-0.3, -0.25) is 9.69 Å². The first kappa shape index (κ1) is 21.2. The van der Waals surface area contributed by atoms with Crippen LogP contribution in [0.2, 0.25) is 10.0 Å². The number of amides is 1. The molecule has 0 spiro atoms. The Labute approximate surface area is 177 Å². The van der Waals surface area contributed by atoms with Gasteiger partial charge in [0.15, 0.2) is 0 Å². The van der Waals surface area contributed by atoms with Gasteiger partial charge in [0.1, 0.15) is 5.82 Å². The van der Waals surface area contributed by atoms with Crippen molar-refractivity contribution < 1.29 is 13.6 Å². The monoisotopic (exact) mass is 436 g/mol. The molecule has 1 amide bonds. The quantitative estimate of drug-likeness (QED) is 0.535. The van der Waals surface area contributed by atoms with E-state index in [1.807, 2.05) is 24.0 Å². The van der Waals surface area contributed by atoms with E-state index < -0.39 is 5.82 Å². The molecule has 0 unspecified atom stereocenters. The third kappa shape index (κ3) is 5.76. The number of hydrogen-bond donors (Lipinski definition) is 1. The highest BCUT2D eigenvalue weighted by Crippen LogP contribution is 2.26. The molecular formula is C20H19Cl2FN4O2. The number of rotatable bonds is 8. The lowest BCUT2D eigenvalue weighted by atomic mass is 10.2. The molecule has 6 nitrogen and oxygen atoms in total. The van der Waals surface area contributed by atoms with Crippen molar-refractivity contribution in [2.75, 3.05) is 18.4 Å². The van der Waals surface area contributed by atoms with Gasteiger partial charge in [-0.25, -0.2) is 4.39 Å². The fraction of sp³-hybridized carbons (Fsp3) is 0.250. The lowest BCUT2D eigenvalue weighted by molar-refractivity contribution is -0.117. The molecule has 0 aliphatic heterocycles. The largest absolute Gasteiger partial charge is 0.419 e. The maximum absolute atomic E-state index is 13.8. The zero-order valence-corrected chi connectivity index (χ0v) is 17.2. The summed E-state index contributed by atoms with van der Waals surface area (Å²) in [6.45, 7) is 2.92. The molecule has 0 atom stereocenters. The summed E-state index contributed by atoms with van der Waals surface area (Å²) in [7, 11) is 0. The summed E-state index contributed by atoms with van der Waals surface area (Å²) < 4.78 is 19.5. The third-order valence-corrected chi connectivity index (χ3v) is 4.60. The molecule has 1 aromatic heterocycles. The molecule has 9 heteroatoms. The van der Waals surface area contributed by atoms with Crippen molar-refractivity contribution in [2.24, 2.45) is 0 Å². The zero-order chi connectivity index (χ0) is 20.8. The van der Waals surface area contributed by atoms with Crippen LogP contribution in [0.5, 0.6) is 0 Å². The molecule has 0 saturated heterocycles. The molecule has 0 aliphatic carbocycles. The van der Waals surface area contributed by atoms with Crippen molar-refractivity contribution >= 4 is 34.8 Å².